The summed E-state index contributed by atoms with van der Waals surface area (Å²) < 4.78 is 0. The third-order valence-electron chi connectivity index (χ3n) is 4.95. The number of anilines is 2. The molecule has 0 saturated heterocycles. The number of rotatable bonds is 4. The highest BCUT2D eigenvalue weighted by Crippen LogP contribution is 2.31. The van der Waals surface area contributed by atoms with E-state index in [1.807, 2.05) is 19.0 Å². The third-order valence-corrected chi connectivity index (χ3v) is 4.95. The second-order valence-corrected chi connectivity index (χ2v) is 6.96. The average Bonchev–Trinajstić information content (AvgIpc) is 2.55. The first-order chi connectivity index (χ1) is 10.7. The van der Waals surface area contributed by atoms with Crippen LogP contribution in [0, 0.1) is 5.92 Å². The summed E-state index contributed by atoms with van der Waals surface area (Å²) in [6.07, 6.45) is 9.18. The molecular weight excluding hydrogens is 276 g/mol. The fourth-order valence-electron chi connectivity index (χ4n) is 3.68. The van der Waals surface area contributed by atoms with Crippen LogP contribution in [0.4, 0.5) is 11.8 Å². The molecule has 0 unspecified atom stereocenters. The zero-order valence-electron chi connectivity index (χ0n) is 13.8. The van der Waals surface area contributed by atoms with Crippen molar-refractivity contribution in [2.75, 3.05) is 30.9 Å². The van der Waals surface area contributed by atoms with E-state index in [0.717, 1.165) is 37.4 Å². The Balaban J connectivity index is 1.83. The Morgan fingerprint density at radius 1 is 1.14 bits per heavy atom. The van der Waals surface area contributed by atoms with Crippen LogP contribution in [0.2, 0.25) is 0 Å². The van der Waals surface area contributed by atoms with Gasteiger partial charge in [0.1, 0.15) is 5.82 Å². The number of nitrogens with zero attached hydrogens (tertiary/aromatic N) is 3. The zero-order valence-corrected chi connectivity index (χ0v) is 13.8. The standard InChI is InChI=1S/C17H28N4O/c1-21(2)17-19-15-9-4-3-8-14(15)16(20-17)18-13-7-5-6-12(10-13)11-22/h12-13,22H,3-11H2,1-2H3,(H,18,19,20)/t12-,13-/m1/s1. The maximum absolute atomic E-state index is 9.42. The molecule has 1 heterocycles. The van der Waals surface area contributed by atoms with E-state index in [2.05, 4.69) is 5.32 Å². The van der Waals surface area contributed by atoms with Crippen LogP contribution in [0.5, 0.6) is 0 Å². The summed E-state index contributed by atoms with van der Waals surface area (Å²) in [6, 6.07) is 0.432. The maximum atomic E-state index is 9.42. The van der Waals surface area contributed by atoms with Crippen LogP contribution in [0.3, 0.4) is 0 Å². The molecule has 1 saturated carbocycles. The van der Waals surface area contributed by atoms with Gasteiger partial charge in [0.25, 0.3) is 0 Å². The number of aryl methyl sites for hydroxylation is 1. The maximum Gasteiger partial charge on any atom is 0.227 e. The van der Waals surface area contributed by atoms with Crippen molar-refractivity contribution in [3.8, 4) is 0 Å². The van der Waals surface area contributed by atoms with Gasteiger partial charge in [-0.15, -0.1) is 0 Å². The van der Waals surface area contributed by atoms with Gasteiger partial charge in [0.15, 0.2) is 0 Å². The number of aromatic nitrogens is 2. The molecule has 0 amide bonds. The number of nitrogens with one attached hydrogen (secondary N) is 1. The summed E-state index contributed by atoms with van der Waals surface area (Å²) in [5.74, 6) is 2.28. The van der Waals surface area contributed by atoms with E-state index >= 15 is 0 Å². The van der Waals surface area contributed by atoms with E-state index in [1.165, 1.54) is 36.9 Å². The van der Waals surface area contributed by atoms with Crippen molar-refractivity contribution in [2.24, 2.45) is 5.92 Å². The van der Waals surface area contributed by atoms with Crippen molar-refractivity contribution in [1.82, 2.24) is 9.97 Å². The lowest BCUT2D eigenvalue weighted by atomic mass is 9.86. The van der Waals surface area contributed by atoms with E-state index in [0.29, 0.717) is 18.6 Å². The zero-order chi connectivity index (χ0) is 15.5. The summed E-state index contributed by atoms with van der Waals surface area (Å²) in [7, 11) is 3.99. The average molecular weight is 304 g/mol. The van der Waals surface area contributed by atoms with Crippen LogP contribution in [0.15, 0.2) is 0 Å². The highest BCUT2D eigenvalue weighted by atomic mass is 16.3. The van der Waals surface area contributed by atoms with E-state index in [-0.39, 0.29) is 0 Å². The Hall–Kier alpha value is -1.36. The van der Waals surface area contributed by atoms with Gasteiger partial charge in [0.2, 0.25) is 5.95 Å². The topological polar surface area (TPSA) is 61.3 Å². The Bertz CT molecular complexity index is 518. The smallest absolute Gasteiger partial charge is 0.227 e. The van der Waals surface area contributed by atoms with E-state index < -0.39 is 0 Å². The molecule has 3 rings (SSSR count). The first-order valence-corrected chi connectivity index (χ1v) is 8.62. The Labute approximate surface area is 133 Å². The predicted molar refractivity (Wildman–Crippen MR) is 89.5 cm³/mol. The summed E-state index contributed by atoms with van der Waals surface area (Å²) in [6.45, 7) is 0.309. The summed E-state index contributed by atoms with van der Waals surface area (Å²) in [5, 5.41) is 13.1. The molecule has 2 aliphatic carbocycles. The van der Waals surface area contributed by atoms with Gasteiger partial charge in [-0.2, -0.15) is 4.98 Å². The molecule has 2 atom stereocenters. The van der Waals surface area contributed by atoms with Crippen molar-refractivity contribution in [2.45, 2.75) is 57.4 Å². The Kier molecular flexibility index (Phi) is 4.81. The number of hydrogen-bond donors (Lipinski definition) is 2. The number of aliphatic hydroxyl groups is 1. The first-order valence-electron chi connectivity index (χ1n) is 8.62. The summed E-state index contributed by atoms with van der Waals surface area (Å²) in [5.41, 5.74) is 2.55. The molecule has 5 heteroatoms. The number of fused-ring (bicyclic) bond motifs is 1. The van der Waals surface area contributed by atoms with Crippen molar-refractivity contribution in [3.63, 3.8) is 0 Å². The largest absolute Gasteiger partial charge is 0.396 e. The van der Waals surface area contributed by atoms with Gasteiger partial charge in [-0.05, 0) is 50.9 Å². The SMILES string of the molecule is CN(C)c1nc2c(c(N[C@@H]3CCC[C@@H](CO)C3)n1)CCCC2. The molecule has 0 aliphatic heterocycles. The molecule has 122 valence electrons. The lowest BCUT2D eigenvalue weighted by Crippen LogP contribution is -2.30. The first kappa shape index (κ1) is 15.5. The van der Waals surface area contributed by atoms with Gasteiger partial charge in [-0.1, -0.05) is 6.42 Å². The van der Waals surface area contributed by atoms with E-state index in [1.54, 1.807) is 0 Å². The normalized spacial score (nSPS) is 24.7. The second kappa shape index (κ2) is 6.82. The molecule has 0 spiro atoms. The molecule has 1 fully saturated rings. The monoisotopic (exact) mass is 304 g/mol. The van der Waals surface area contributed by atoms with Crippen molar-refractivity contribution in [1.29, 1.82) is 0 Å². The number of aliphatic hydroxyl groups excluding tert-OH is 1. The van der Waals surface area contributed by atoms with Crippen LogP contribution in [0.1, 0.15) is 49.8 Å². The molecule has 22 heavy (non-hydrogen) atoms. The molecule has 0 radical (unpaired) electrons. The predicted octanol–water partition coefficient (Wildman–Crippen LogP) is 2.38. The molecule has 1 aromatic rings. The van der Waals surface area contributed by atoms with Crippen LogP contribution < -0.4 is 10.2 Å². The van der Waals surface area contributed by atoms with Crippen LogP contribution in [-0.4, -0.2) is 41.8 Å². The third kappa shape index (κ3) is 3.35. The van der Waals surface area contributed by atoms with E-state index in [9.17, 15) is 5.11 Å². The minimum atomic E-state index is 0.309. The van der Waals surface area contributed by atoms with Crippen molar-refractivity contribution in [3.05, 3.63) is 11.3 Å². The highest BCUT2D eigenvalue weighted by Gasteiger charge is 2.24. The summed E-state index contributed by atoms with van der Waals surface area (Å²) in [4.78, 5) is 11.5. The Morgan fingerprint density at radius 2 is 1.95 bits per heavy atom. The van der Waals surface area contributed by atoms with Crippen molar-refractivity contribution < 1.29 is 5.11 Å². The van der Waals surface area contributed by atoms with Gasteiger partial charge >= 0.3 is 0 Å². The molecular formula is C17H28N4O. The van der Waals surface area contributed by atoms with Crippen LogP contribution in [0.25, 0.3) is 0 Å². The van der Waals surface area contributed by atoms with Gasteiger partial charge in [-0.25, -0.2) is 4.98 Å². The Morgan fingerprint density at radius 3 is 2.73 bits per heavy atom. The second-order valence-electron chi connectivity index (χ2n) is 6.96. The summed E-state index contributed by atoms with van der Waals surface area (Å²) >= 11 is 0. The fourth-order valence-corrected chi connectivity index (χ4v) is 3.68. The molecule has 0 bridgehead atoms. The van der Waals surface area contributed by atoms with Crippen LogP contribution in [-0.2, 0) is 12.8 Å². The quantitative estimate of drug-likeness (QED) is 0.894. The van der Waals surface area contributed by atoms with Gasteiger partial charge in [0.05, 0.1) is 5.69 Å². The van der Waals surface area contributed by atoms with Gasteiger partial charge in [0, 0.05) is 32.3 Å². The van der Waals surface area contributed by atoms with Crippen molar-refractivity contribution >= 4 is 11.8 Å². The molecule has 2 N–H and O–H groups in total. The fraction of sp³-hybridized carbons (Fsp3) is 0.765. The minimum absolute atomic E-state index is 0.309. The lowest BCUT2D eigenvalue weighted by Gasteiger charge is -2.30. The molecule has 5 nitrogen and oxygen atoms in total. The van der Waals surface area contributed by atoms with Gasteiger partial charge in [-0.3, -0.25) is 0 Å². The molecule has 0 aromatic carbocycles. The molecule has 1 aromatic heterocycles. The van der Waals surface area contributed by atoms with E-state index in [4.69, 9.17) is 9.97 Å². The van der Waals surface area contributed by atoms with Gasteiger partial charge < -0.3 is 15.3 Å². The minimum Gasteiger partial charge on any atom is -0.396 e. The lowest BCUT2D eigenvalue weighted by molar-refractivity contribution is 0.184. The number of hydrogen-bond acceptors (Lipinski definition) is 5. The highest BCUT2D eigenvalue weighted by molar-refractivity contribution is 5.52. The molecule has 2 aliphatic rings. The van der Waals surface area contributed by atoms with Crippen LogP contribution >= 0.6 is 0 Å².